The van der Waals surface area contributed by atoms with Gasteiger partial charge in [0.1, 0.15) is 0 Å². The van der Waals surface area contributed by atoms with Crippen LogP contribution in [-0.2, 0) is 7.05 Å². The summed E-state index contributed by atoms with van der Waals surface area (Å²) in [7, 11) is 1.73. The number of hydrogen-bond acceptors (Lipinski definition) is 5. The lowest BCUT2D eigenvalue weighted by Gasteiger charge is -2.49. The molecule has 0 unspecified atom stereocenters. The summed E-state index contributed by atoms with van der Waals surface area (Å²) in [6, 6.07) is 22.7. The maximum absolute atomic E-state index is 13.0. The molecular weight excluding hydrogens is 486 g/mol. The fraction of sp³-hybridized carbons (Fsp3) is 0.344. The van der Waals surface area contributed by atoms with Crippen LogP contribution in [0.3, 0.4) is 0 Å². The number of aliphatic hydroxyl groups excluding tert-OH is 1. The summed E-state index contributed by atoms with van der Waals surface area (Å²) in [5, 5.41) is 10.1. The van der Waals surface area contributed by atoms with Crippen molar-refractivity contribution < 1.29 is 5.11 Å². The van der Waals surface area contributed by atoms with Crippen molar-refractivity contribution in [3.05, 3.63) is 111 Å². The molecule has 0 aliphatic carbocycles. The second kappa shape index (κ2) is 11.0. The zero-order valence-corrected chi connectivity index (χ0v) is 23.0. The van der Waals surface area contributed by atoms with Crippen molar-refractivity contribution in [2.24, 2.45) is 7.05 Å². The molecule has 0 amide bonds. The van der Waals surface area contributed by atoms with E-state index in [4.69, 9.17) is 6.57 Å². The van der Waals surface area contributed by atoms with Gasteiger partial charge in [-0.1, -0.05) is 66.2 Å². The monoisotopic (exact) mass is 521 g/mol. The van der Waals surface area contributed by atoms with Crippen LogP contribution in [0.2, 0.25) is 0 Å². The number of aliphatic hydroxyl groups is 1. The molecule has 0 bridgehead atoms. The SMILES string of the molecule is [C-]#[N+]c1ccc2c(n1)c(N1C[C@@H](CCO)N(C(c3ccc(C)cc3)c3ccc(C)cc3)C[C@@H]1C)cc(=O)n2C. The zero-order valence-electron chi connectivity index (χ0n) is 23.0. The van der Waals surface area contributed by atoms with Crippen molar-refractivity contribution >= 4 is 22.5 Å². The van der Waals surface area contributed by atoms with E-state index in [0.29, 0.717) is 29.8 Å². The second-order valence-corrected chi connectivity index (χ2v) is 10.7. The van der Waals surface area contributed by atoms with E-state index < -0.39 is 0 Å². The van der Waals surface area contributed by atoms with E-state index in [1.807, 2.05) is 0 Å². The smallest absolute Gasteiger partial charge is 0.270 e. The van der Waals surface area contributed by atoms with Gasteiger partial charge >= 0.3 is 0 Å². The minimum Gasteiger partial charge on any atom is -0.396 e. The van der Waals surface area contributed by atoms with Gasteiger partial charge < -0.3 is 19.4 Å². The molecule has 0 spiro atoms. The van der Waals surface area contributed by atoms with E-state index >= 15 is 0 Å². The van der Waals surface area contributed by atoms with Gasteiger partial charge in [-0.3, -0.25) is 9.69 Å². The van der Waals surface area contributed by atoms with Gasteiger partial charge in [0, 0.05) is 44.9 Å². The van der Waals surface area contributed by atoms with Gasteiger partial charge in [-0.15, -0.1) is 4.98 Å². The molecule has 1 N–H and O–H groups in total. The Bertz CT molecular complexity index is 1520. The van der Waals surface area contributed by atoms with Crippen molar-refractivity contribution in [2.45, 2.75) is 45.3 Å². The summed E-state index contributed by atoms with van der Waals surface area (Å²) in [5.41, 5.74) is 6.87. The molecule has 7 nitrogen and oxygen atoms in total. The Balaban J connectivity index is 1.59. The lowest BCUT2D eigenvalue weighted by Crippen LogP contribution is -2.59. The first-order valence-electron chi connectivity index (χ1n) is 13.5. The average molecular weight is 522 g/mol. The molecule has 2 aromatic carbocycles. The maximum atomic E-state index is 13.0. The molecule has 5 rings (SSSR count). The fourth-order valence-corrected chi connectivity index (χ4v) is 5.78. The number of aromatic nitrogens is 2. The van der Waals surface area contributed by atoms with Gasteiger partial charge in [0.2, 0.25) is 5.52 Å². The van der Waals surface area contributed by atoms with Crippen LogP contribution in [0.5, 0.6) is 0 Å². The third-order valence-corrected chi connectivity index (χ3v) is 7.94. The number of fused-ring (bicyclic) bond motifs is 1. The molecule has 2 atom stereocenters. The number of anilines is 1. The molecule has 1 fully saturated rings. The highest BCUT2D eigenvalue weighted by Gasteiger charge is 2.38. The van der Waals surface area contributed by atoms with E-state index in [9.17, 15) is 9.90 Å². The normalized spacial score (nSPS) is 18.0. The zero-order chi connectivity index (χ0) is 27.7. The largest absolute Gasteiger partial charge is 0.396 e. The summed E-state index contributed by atoms with van der Waals surface area (Å²) < 4.78 is 1.58. The van der Waals surface area contributed by atoms with E-state index in [0.717, 1.165) is 12.2 Å². The highest BCUT2D eigenvalue weighted by molar-refractivity contribution is 5.89. The Hall–Kier alpha value is -3.99. The van der Waals surface area contributed by atoms with Gasteiger partial charge in [0.25, 0.3) is 11.4 Å². The molecule has 2 aromatic heterocycles. The number of nitrogens with zero attached hydrogens (tertiary/aromatic N) is 5. The highest BCUT2D eigenvalue weighted by atomic mass is 16.3. The predicted octanol–water partition coefficient (Wildman–Crippen LogP) is 5.15. The van der Waals surface area contributed by atoms with Gasteiger partial charge in [-0.25, -0.2) is 0 Å². The molecule has 39 heavy (non-hydrogen) atoms. The third-order valence-electron chi connectivity index (χ3n) is 7.94. The van der Waals surface area contributed by atoms with E-state index in [-0.39, 0.29) is 30.3 Å². The Morgan fingerprint density at radius 2 is 1.62 bits per heavy atom. The van der Waals surface area contributed by atoms with E-state index in [1.54, 1.807) is 29.8 Å². The summed E-state index contributed by atoms with van der Waals surface area (Å²) in [6.07, 6.45) is 0.598. The molecule has 0 radical (unpaired) electrons. The van der Waals surface area contributed by atoms with Crippen LogP contribution < -0.4 is 10.5 Å². The van der Waals surface area contributed by atoms with Crippen LogP contribution in [-0.4, -0.2) is 51.3 Å². The Kier molecular flexibility index (Phi) is 7.51. The van der Waals surface area contributed by atoms with Crippen LogP contribution in [0.4, 0.5) is 11.5 Å². The topological polar surface area (TPSA) is 66.0 Å². The van der Waals surface area contributed by atoms with Crippen LogP contribution in [0.25, 0.3) is 15.9 Å². The minimum atomic E-state index is -0.111. The van der Waals surface area contributed by atoms with Crippen LogP contribution in [0.1, 0.15) is 41.6 Å². The lowest BCUT2D eigenvalue weighted by molar-refractivity contribution is 0.0971. The van der Waals surface area contributed by atoms with Crippen molar-refractivity contribution in [2.75, 3.05) is 24.6 Å². The van der Waals surface area contributed by atoms with E-state index in [2.05, 4.69) is 88.9 Å². The fourth-order valence-electron chi connectivity index (χ4n) is 5.78. The Morgan fingerprint density at radius 1 is 1.00 bits per heavy atom. The van der Waals surface area contributed by atoms with Crippen LogP contribution in [0.15, 0.2) is 71.5 Å². The molecular formula is C32H35N5O2. The minimum absolute atomic E-state index is 0.0274. The van der Waals surface area contributed by atoms with Gasteiger partial charge in [0.05, 0.1) is 17.2 Å². The molecule has 4 aromatic rings. The summed E-state index contributed by atoms with van der Waals surface area (Å²) in [4.78, 5) is 25.9. The number of aryl methyl sites for hydroxylation is 3. The molecule has 1 aliphatic heterocycles. The predicted molar refractivity (Wildman–Crippen MR) is 156 cm³/mol. The molecule has 200 valence electrons. The van der Waals surface area contributed by atoms with Crippen LogP contribution in [0, 0.1) is 20.4 Å². The van der Waals surface area contributed by atoms with Crippen molar-refractivity contribution in [3.8, 4) is 0 Å². The maximum Gasteiger partial charge on any atom is 0.270 e. The molecule has 1 saturated heterocycles. The molecule has 0 saturated carbocycles. The molecule has 7 heteroatoms. The summed E-state index contributed by atoms with van der Waals surface area (Å²) in [5.74, 6) is 0.305. The van der Waals surface area contributed by atoms with Crippen LogP contribution >= 0.6 is 0 Å². The number of rotatable bonds is 6. The second-order valence-electron chi connectivity index (χ2n) is 10.7. The first-order valence-corrected chi connectivity index (χ1v) is 13.5. The van der Waals surface area contributed by atoms with Gasteiger partial charge in [0.15, 0.2) is 0 Å². The summed E-state index contributed by atoms with van der Waals surface area (Å²) >= 11 is 0. The summed E-state index contributed by atoms with van der Waals surface area (Å²) in [6.45, 7) is 15.3. The number of hydrogen-bond donors (Lipinski definition) is 1. The Labute approximate surface area is 229 Å². The van der Waals surface area contributed by atoms with E-state index in [1.165, 1.54) is 22.3 Å². The van der Waals surface area contributed by atoms with Crippen molar-refractivity contribution in [3.63, 3.8) is 0 Å². The molecule has 1 aliphatic rings. The average Bonchev–Trinajstić information content (AvgIpc) is 2.94. The quantitative estimate of drug-likeness (QED) is 0.356. The number of benzene rings is 2. The Morgan fingerprint density at radius 3 is 2.18 bits per heavy atom. The first-order chi connectivity index (χ1) is 18.8. The number of piperazine rings is 1. The van der Waals surface area contributed by atoms with Crippen molar-refractivity contribution in [1.82, 2.24) is 14.5 Å². The van der Waals surface area contributed by atoms with Gasteiger partial charge in [-0.2, -0.15) is 0 Å². The number of pyridine rings is 2. The third kappa shape index (κ3) is 5.18. The van der Waals surface area contributed by atoms with Crippen molar-refractivity contribution in [1.29, 1.82) is 0 Å². The lowest BCUT2D eigenvalue weighted by atomic mass is 9.91. The standard InChI is InChI=1S/C32H35N5O2/c1-21-6-10-24(11-7-21)32(25-12-8-22(2)9-13-25)37-19-23(3)36(20-26(37)16-17-38)28-18-30(39)35(5)27-14-15-29(33-4)34-31(27)28/h6-15,18,23,26,32,38H,16-17,19-20H2,1-3,5H3/t23-,26+/m0/s1. The first kappa shape index (κ1) is 26.6. The molecule has 3 heterocycles. The highest BCUT2D eigenvalue weighted by Crippen LogP contribution is 2.37. The van der Waals surface area contributed by atoms with Gasteiger partial charge in [-0.05, 0) is 50.5 Å².